The van der Waals surface area contributed by atoms with E-state index >= 15 is 0 Å². The van der Waals surface area contributed by atoms with E-state index in [0.29, 0.717) is 23.4 Å². The molecule has 0 aromatic carbocycles. The van der Waals surface area contributed by atoms with Gasteiger partial charge in [-0.3, -0.25) is 4.79 Å². The zero-order valence-electron chi connectivity index (χ0n) is 9.74. The van der Waals surface area contributed by atoms with Crippen LogP contribution in [0.4, 0.5) is 0 Å². The first-order valence-corrected chi connectivity index (χ1v) is 6.32. The van der Waals surface area contributed by atoms with Crippen molar-refractivity contribution < 1.29 is 14.7 Å². The number of aromatic nitrogens is 1. The molecule has 17 heavy (non-hydrogen) atoms. The first kappa shape index (κ1) is 12.0. The molecule has 1 aromatic heterocycles. The number of amides is 1. The van der Waals surface area contributed by atoms with Crippen molar-refractivity contribution in [3.63, 3.8) is 0 Å². The molecule has 1 aliphatic rings. The monoisotopic (exact) mass is 254 g/mol. The number of aryl methyl sites for hydroxylation is 2. The van der Waals surface area contributed by atoms with Gasteiger partial charge in [0.1, 0.15) is 10.4 Å². The van der Waals surface area contributed by atoms with Gasteiger partial charge in [0, 0.05) is 0 Å². The number of hydrogen-bond donors (Lipinski definition) is 2. The molecule has 2 rings (SSSR count). The third kappa shape index (κ3) is 2.17. The van der Waals surface area contributed by atoms with Crippen molar-refractivity contribution in [3.8, 4) is 0 Å². The largest absolute Gasteiger partial charge is 0.480 e. The number of aliphatic carboxylic acids is 1. The average Bonchev–Trinajstić information content (AvgIpc) is 2.95. The summed E-state index contributed by atoms with van der Waals surface area (Å²) in [7, 11) is 0. The molecule has 1 aromatic rings. The van der Waals surface area contributed by atoms with Gasteiger partial charge in [-0.2, -0.15) is 0 Å². The van der Waals surface area contributed by atoms with Crippen LogP contribution in [0.5, 0.6) is 0 Å². The molecule has 1 heterocycles. The normalized spacial score (nSPS) is 16.6. The summed E-state index contributed by atoms with van der Waals surface area (Å²) >= 11 is 1.33. The van der Waals surface area contributed by atoms with Gasteiger partial charge >= 0.3 is 5.97 Å². The smallest absolute Gasteiger partial charge is 0.329 e. The minimum atomic E-state index is -1.03. The van der Waals surface area contributed by atoms with Crippen LogP contribution in [0.15, 0.2) is 0 Å². The summed E-state index contributed by atoms with van der Waals surface area (Å²) in [6.07, 6.45) is 1.79. The molecular weight excluding hydrogens is 240 g/mol. The van der Waals surface area contributed by atoms with Crippen LogP contribution in [0.25, 0.3) is 0 Å². The first-order valence-electron chi connectivity index (χ1n) is 5.51. The van der Waals surface area contributed by atoms with E-state index in [1.54, 1.807) is 6.92 Å². The number of carbonyl (C=O) groups is 2. The maximum absolute atomic E-state index is 12.0. The summed E-state index contributed by atoms with van der Waals surface area (Å²) in [5.41, 5.74) is -0.356. The second kappa shape index (κ2) is 4.10. The third-order valence-corrected chi connectivity index (χ3v) is 4.16. The summed E-state index contributed by atoms with van der Waals surface area (Å²) in [4.78, 5) is 27.7. The molecule has 6 heteroatoms. The lowest BCUT2D eigenvalue weighted by atomic mass is 10.2. The van der Waals surface area contributed by atoms with Crippen molar-refractivity contribution in [2.45, 2.75) is 38.6 Å². The number of nitrogens with one attached hydrogen (secondary N) is 1. The third-order valence-electron chi connectivity index (χ3n) is 2.86. The molecule has 1 aliphatic carbocycles. The van der Waals surface area contributed by atoms with E-state index < -0.39 is 11.5 Å². The Labute approximate surface area is 103 Å². The number of carboxylic acid groups (broad SMARTS) is 1. The molecule has 0 radical (unpaired) electrons. The molecule has 2 N–H and O–H groups in total. The zero-order chi connectivity index (χ0) is 12.6. The summed E-state index contributed by atoms with van der Waals surface area (Å²) in [6.45, 7) is 3.74. The standard InChI is InChI=1S/C11H14N2O3S/c1-3-7-12-6(2)8(17-7)9(14)13-11(4-5-11)10(15)16/h3-5H2,1-2H3,(H,13,14)(H,15,16). The summed E-state index contributed by atoms with van der Waals surface area (Å²) in [5.74, 6) is -1.27. The Hall–Kier alpha value is -1.43. The number of thiazole rings is 1. The van der Waals surface area contributed by atoms with Crippen molar-refractivity contribution in [1.29, 1.82) is 0 Å². The highest BCUT2D eigenvalue weighted by molar-refractivity contribution is 7.13. The molecule has 0 unspecified atom stereocenters. The Morgan fingerprint density at radius 1 is 1.53 bits per heavy atom. The molecular formula is C11H14N2O3S. The number of rotatable bonds is 4. The summed E-state index contributed by atoms with van der Waals surface area (Å²) < 4.78 is 0. The van der Waals surface area contributed by atoms with Crippen LogP contribution in [0.1, 0.15) is 40.1 Å². The predicted molar refractivity (Wildman–Crippen MR) is 63.3 cm³/mol. The van der Waals surface area contributed by atoms with Crippen molar-refractivity contribution in [2.24, 2.45) is 0 Å². The van der Waals surface area contributed by atoms with E-state index in [-0.39, 0.29) is 5.91 Å². The van der Waals surface area contributed by atoms with Crippen LogP contribution in [0, 0.1) is 6.92 Å². The lowest BCUT2D eigenvalue weighted by Gasteiger charge is -2.11. The van der Waals surface area contributed by atoms with Crippen LogP contribution in [0.2, 0.25) is 0 Å². The molecule has 0 bridgehead atoms. The van der Waals surface area contributed by atoms with Crippen LogP contribution in [-0.4, -0.2) is 27.5 Å². The highest BCUT2D eigenvalue weighted by Crippen LogP contribution is 2.36. The molecule has 0 spiro atoms. The Morgan fingerprint density at radius 3 is 2.59 bits per heavy atom. The van der Waals surface area contributed by atoms with E-state index in [1.165, 1.54) is 11.3 Å². The van der Waals surface area contributed by atoms with E-state index in [4.69, 9.17) is 5.11 Å². The lowest BCUT2D eigenvalue weighted by Crippen LogP contribution is -2.42. The van der Waals surface area contributed by atoms with Gasteiger partial charge in [0.15, 0.2) is 0 Å². The van der Waals surface area contributed by atoms with Gasteiger partial charge in [-0.25, -0.2) is 9.78 Å². The van der Waals surface area contributed by atoms with Gasteiger partial charge < -0.3 is 10.4 Å². The second-order valence-electron chi connectivity index (χ2n) is 4.22. The SMILES string of the molecule is CCc1nc(C)c(C(=O)NC2(C(=O)O)CC2)s1. The quantitative estimate of drug-likeness (QED) is 0.850. The maximum atomic E-state index is 12.0. The van der Waals surface area contributed by atoms with Gasteiger partial charge in [-0.1, -0.05) is 6.92 Å². The van der Waals surface area contributed by atoms with Crippen molar-refractivity contribution in [1.82, 2.24) is 10.3 Å². The molecule has 0 aliphatic heterocycles. The van der Waals surface area contributed by atoms with E-state index in [0.717, 1.165) is 11.4 Å². The zero-order valence-corrected chi connectivity index (χ0v) is 10.6. The molecule has 0 saturated heterocycles. The molecule has 5 nitrogen and oxygen atoms in total. The molecule has 1 fully saturated rings. The second-order valence-corrected chi connectivity index (χ2v) is 5.30. The average molecular weight is 254 g/mol. The van der Waals surface area contributed by atoms with Crippen molar-refractivity contribution in [2.75, 3.05) is 0 Å². The van der Waals surface area contributed by atoms with Gasteiger partial charge in [-0.15, -0.1) is 11.3 Å². The fraction of sp³-hybridized carbons (Fsp3) is 0.545. The summed E-state index contributed by atoms with van der Waals surface area (Å²) in [5, 5.41) is 12.5. The van der Waals surface area contributed by atoms with Crippen LogP contribution >= 0.6 is 11.3 Å². The maximum Gasteiger partial charge on any atom is 0.329 e. The topological polar surface area (TPSA) is 79.3 Å². The highest BCUT2D eigenvalue weighted by Gasteiger charge is 2.51. The lowest BCUT2D eigenvalue weighted by molar-refractivity contribution is -0.140. The fourth-order valence-corrected chi connectivity index (χ4v) is 2.51. The Kier molecular flexibility index (Phi) is 2.91. The minimum absolute atomic E-state index is 0.320. The van der Waals surface area contributed by atoms with Crippen molar-refractivity contribution in [3.05, 3.63) is 15.6 Å². The Morgan fingerprint density at radius 2 is 2.18 bits per heavy atom. The molecule has 0 atom stereocenters. The Balaban J connectivity index is 2.15. The van der Waals surface area contributed by atoms with Crippen molar-refractivity contribution >= 4 is 23.2 Å². The van der Waals surface area contributed by atoms with Crippen LogP contribution < -0.4 is 5.32 Å². The summed E-state index contributed by atoms with van der Waals surface area (Å²) in [6, 6.07) is 0. The molecule has 1 saturated carbocycles. The number of hydrogen-bond acceptors (Lipinski definition) is 4. The Bertz CT molecular complexity index is 477. The minimum Gasteiger partial charge on any atom is -0.480 e. The number of carboxylic acids is 1. The van der Waals surface area contributed by atoms with Gasteiger partial charge in [0.2, 0.25) is 0 Å². The van der Waals surface area contributed by atoms with E-state index in [1.807, 2.05) is 6.92 Å². The number of nitrogens with zero attached hydrogens (tertiary/aromatic N) is 1. The molecule has 1 amide bonds. The van der Waals surface area contributed by atoms with Gasteiger partial charge in [-0.05, 0) is 26.2 Å². The molecule has 92 valence electrons. The van der Waals surface area contributed by atoms with Crippen LogP contribution in [0.3, 0.4) is 0 Å². The van der Waals surface area contributed by atoms with Gasteiger partial charge in [0.25, 0.3) is 5.91 Å². The van der Waals surface area contributed by atoms with Crippen LogP contribution in [-0.2, 0) is 11.2 Å². The van der Waals surface area contributed by atoms with E-state index in [9.17, 15) is 9.59 Å². The first-order chi connectivity index (χ1) is 7.98. The number of carbonyl (C=O) groups excluding carboxylic acids is 1. The van der Waals surface area contributed by atoms with Gasteiger partial charge in [0.05, 0.1) is 10.7 Å². The fourth-order valence-electron chi connectivity index (χ4n) is 1.61. The predicted octanol–water partition coefficient (Wildman–Crippen LogP) is 1.36. The highest BCUT2D eigenvalue weighted by atomic mass is 32.1. The van der Waals surface area contributed by atoms with E-state index in [2.05, 4.69) is 10.3 Å².